The molecule has 1 N–H and O–H groups in total. The summed E-state index contributed by atoms with van der Waals surface area (Å²) in [6.07, 6.45) is 2.50. The maximum Gasteiger partial charge on any atom is 0.252 e. The average Bonchev–Trinajstić information content (AvgIpc) is 3.16. The lowest BCUT2D eigenvalue weighted by atomic mass is 10.0. The van der Waals surface area contributed by atoms with Crippen molar-refractivity contribution in [2.45, 2.75) is 32.7 Å². The number of rotatable bonds is 8. The van der Waals surface area contributed by atoms with E-state index >= 15 is 0 Å². The third kappa shape index (κ3) is 4.71. The van der Waals surface area contributed by atoms with E-state index in [-0.39, 0.29) is 11.9 Å². The molecule has 2 heterocycles. The minimum atomic E-state index is 0.0165. The summed E-state index contributed by atoms with van der Waals surface area (Å²) in [6.45, 7) is 4.46. The van der Waals surface area contributed by atoms with Gasteiger partial charge in [0.1, 0.15) is 12.1 Å². The molecule has 29 heavy (non-hydrogen) atoms. The lowest BCUT2D eigenvalue weighted by Crippen LogP contribution is -2.34. The Morgan fingerprint density at radius 1 is 1.24 bits per heavy atom. The molecule has 0 radical (unpaired) electrons. The molecule has 1 atom stereocenters. The Morgan fingerprint density at radius 3 is 2.62 bits per heavy atom. The average molecular weight is 396 g/mol. The molecule has 0 saturated carbocycles. The molecule has 0 fully saturated rings. The molecule has 8 heteroatoms. The number of likely N-dealkylation sites (N-methyl/N-ethyl adjacent to an activating group) is 1. The minimum Gasteiger partial charge on any atom is -0.497 e. The van der Waals surface area contributed by atoms with Crippen molar-refractivity contribution in [1.82, 2.24) is 29.8 Å². The second kappa shape index (κ2) is 9.00. The number of amides is 1. The van der Waals surface area contributed by atoms with Gasteiger partial charge in [0.25, 0.3) is 5.78 Å². The van der Waals surface area contributed by atoms with Gasteiger partial charge in [-0.05, 0) is 57.6 Å². The van der Waals surface area contributed by atoms with Crippen molar-refractivity contribution >= 4 is 11.7 Å². The topological polar surface area (TPSA) is 84.6 Å². The number of fused-ring (bicyclic) bond motifs is 1. The SMILES string of the molecule is COc1ccc(C(CNC(=O)CCc2c(C)nc3ncnn3c2C)N(C)C)cc1. The summed E-state index contributed by atoms with van der Waals surface area (Å²) >= 11 is 0. The van der Waals surface area contributed by atoms with Gasteiger partial charge in [-0.2, -0.15) is 10.1 Å². The standard InChI is InChI=1S/C21H28N6O2/c1-14-18(15(2)27-21(25-14)23-13-24-27)10-11-20(28)22-12-19(26(3)4)16-6-8-17(29-5)9-7-16/h6-9,13,19H,10-12H2,1-5H3,(H,22,28). The third-order valence-electron chi connectivity index (χ3n) is 5.21. The maximum absolute atomic E-state index is 12.5. The van der Waals surface area contributed by atoms with Crippen LogP contribution in [0.5, 0.6) is 5.75 Å². The zero-order valence-electron chi connectivity index (χ0n) is 17.6. The van der Waals surface area contributed by atoms with E-state index in [0.717, 1.165) is 28.3 Å². The normalized spacial score (nSPS) is 12.3. The predicted molar refractivity (Wildman–Crippen MR) is 111 cm³/mol. The Hall–Kier alpha value is -3.00. The molecule has 0 aliphatic heterocycles. The van der Waals surface area contributed by atoms with E-state index in [1.807, 2.05) is 52.2 Å². The number of benzene rings is 1. The molecule has 0 aliphatic rings. The number of aryl methyl sites for hydroxylation is 2. The van der Waals surface area contributed by atoms with Gasteiger partial charge in [-0.25, -0.2) is 9.50 Å². The fourth-order valence-corrected chi connectivity index (χ4v) is 3.48. The quantitative estimate of drug-likeness (QED) is 0.628. The van der Waals surface area contributed by atoms with Gasteiger partial charge in [0.05, 0.1) is 13.2 Å². The van der Waals surface area contributed by atoms with Gasteiger partial charge in [-0.3, -0.25) is 4.79 Å². The number of methoxy groups -OCH3 is 1. The summed E-state index contributed by atoms with van der Waals surface area (Å²) in [5.41, 5.74) is 4.03. The summed E-state index contributed by atoms with van der Waals surface area (Å²) in [4.78, 5) is 23.2. The van der Waals surface area contributed by atoms with Gasteiger partial charge in [-0.15, -0.1) is 0 Å². The van der Waals surface area contributed by atoms with Gasteiger partial charge in [0, 0.05) is 24.4 Å². The second-order valence-corrected chi connectivity index (χ2v) is 7.29. The monoisotopic (exact) mass is 396 g/mol. The highest BCUT2D eigenvalue weighted by molar-refractivity contribution is 5.76. The number of hydrogen-bond acceptors (Lipinski definition) is 6. The summed E-state index contributed by atoms with van der Waals surface area (Å²) in [7, 11) is 5.66. The van der Waals surface area contributed by atoms with Crippen LogP contribution in [0.1, 0.15) is 35.0 Å². The lowest BCUT2D eigenvalue weighted by molar-refractivity contribution is -0.121. The van der Waals surface area contributed by atoms with Crippen molar-refractivity contribution in [2.24, 2.45) is 0 Å². The summed E-state index contributed by atoms with van der Waals surface area (Å²) in [5, 5.41) is 7.27. The molecule has 154 valence electrons. The molecular formula is C21H28N6O2. The van der Waals surface area contributed by atoms with E-state index < -0.39 is 0 Å². The first kappa shape index (κ1) is 20.7. The summed E-state index contributed by atoms with van der Waals surface area (Å²) < 4.78 is 6.94. The molecule has 3 aromatic rings. The van der Waals surface area contributed by atoms with Crippen LogP contribution in [0.4, 0.5) is 0 Å². The summed E-state index contributed by atoms with van der Waals surface area (Å²) in [6, 6.07) is 8.02. The maximum atomic E-state index is 12.5. The van der Waals surface area contributed by atoms with Crippen LogP contribution in [0.2, 0.25) is 0 Å². The zero-order valence-corrected chi connectivity index (χ0v) is 17.6. The predicted octanol–water partition coefficient (Wildman–Crippen LogP) is 2.10. The van der Waals surface area contributed by atoms with Crippen LogP contribution in [0.3, 0.4) is 0 Å². The van der Waals surface area contributed by atoms with E-state index in [0.29, 0.717) is 25.2 Å². The molecule has 1 aromatic carbocycles. The molecule has 2 aromatic heterocycles. The number of hydrogen-bond donors (Lipinski definition) is 1. The van der Waals surface area contributed by atoms with Gasteiger partial charge < -0.3 is 15.0 Å². The smallest absolute Gasteiger partial charge is 0.252 e. The van der Waals surface area contributed by atoms with E-state index in [2.05, 4.69) is 25.3 Å². The molecular weight excluding hydrogens is 368 g/mol. The van der Waals surface area contributed by atoms with E-state index in [1.54, 1.807) is 11.6 Å². The van der Waals surface area contributed by atoms with Crippen molar-refractivity contribution in [3.05, 3.63) is 53.1 Å². The van der Waals surface area contributed by atoms with Gasteiger partial charge in [-0.1, -0.05) is 12.1 Å². The van der Waals surface area contributed by atoms with Crippen molar-refractivity contribution in [3.8, 4) is 5.75 Å². The van der Waals surface area contributed by atoms with Crippen molar-refractivity contribution < 1.29 is 9.53 Å². The second-order valence-electron chi connectivity index (χ2n) is 7.29. The molecule has 1 unspecified atom stereocenters. The van der Waals surface area contributed by atoms with Crippen molar-refractivity contribution in [2.75, 3.05) is 27.7 Å². The largest absolute Gasteiger partial charge is 0.497 e. The molecule has 0 aliphatic carbocycles. The van der Waals surface area contributed by atoms with Gasteiger partial charge >= 0.3 is 0 Å². The Morgan fingerprint density at radius 2 is 1.97 bits per heavy atom. The van der Waals surface area contributed by atoms with Crippen LogP contribution in [-0.2, 0) is 11.2 Å². The first-order valence-electron chi connectivity index (χ1n) is 9.63. The minimum absolute atomic E-state index is 0.0165. The Labute approximate surface area is 170 Å². The van der Waals surface area contributed by atoms with Crippen LogP contribution in [0.15, 0.2) is 30.6 Å². The van der Waals surface area contributed by atoms with Crippen LogP contribution in [0.25, 0.3) is 5.78 Å². The molecule has 3 rings (SSSR count). The van der Waals surface area contributed by atoms with Gasteiger partial charge in [0.2, 0.25) is 5.91 Å². The number of ether oxygens (including phenoxy) is 1. The fraction of sp³-hybridized carbons (Fsp3) is 0.429. The molecule has 0 spiro atoms. The fourth-order valence-electron chi connectivity index (χ4n) is 3.48. The number of nitrogens with one attached hydrogen (secondary N) is 1. The number of nitrogens with zero attached hydrogens (tertiary/aromatic N) is 5. The highest BCUT2D eigenvalue weighted by atomic mass is 16.5. The van der Waals surface area contributed by atoms with Crippen LogP contribution in [0, 0.1) is 13.8 Å². The Bertz CT molecular complexity index is 981. The molecule has 1 amide bonds. The third-order valence-corrected chi connectivity index (χ3v) is 5.21. The van der Waals surface area contributed by atoms with Crippen LogP contribution >= 0.6 is 0 Å². The van der Waals surface area contributed by atoms with Crippen LogP contribution < -0.4 is 10.1 Å². The molecule has 0 saturated heterocycles. The number of aromatic nitrogens is 4. The van der Waals surface area contributed by atoms with Gasteiger partial charge in [0.15, 0.2) is 0 Å². The highest BCUT2D eigenvalue weighted by Crippen LogP contribution is 2.21. The molecule has 0 bridgehead atoms. The van der Waals surface area contributed by atoms with Crippen molar-refractivity contribution in [3.63, 3.8) is 0 Å². The van der Waals surface area contributed by atoms with E-state index in [9.17, 15) is 4.79 Å². The Balaban J connectivity index is 1.61. The Kier molecular flexibility index (Phi) is 6.43. The number of carbonyl (C=O) groups excluding carboxylic acids is 1. The first-order valence-corrected chi connectivity index (χ1v) is 9.63. The van der Waals surface area contributed by atoms with E-state index in [4.69, 9.17) is 4.74 Å². The molecule has 8 nitrogen and oxygen atoms in total. The van der Waals surface area contributed by atoms with Crippen LogP contribution in [-0.4, -0.2) is 58.1 Å². The highest BCUT2D eigenvalue weighted by Gasteiger charge is 2.17. The first-order chi connectivity index (χ1) is 13.9. The van der Waals surface area contributed by atoms with E-state index in [1.165, 1.54) is 6.33 Å². The lowest BCUT2D eigenvalue weighted by Gasteiger charge is -2.25. The zero-order chi connectivity index (χ0) is 21.0. The summed E-state index contributed by atoms with van der Waals surface area (Å²) in [5.74, 6) is 1.42. The number of carbonyl (C=O) groups is 1. The van der Waals surface area contributed by atoms with Crippen molar-refractivity contribution in [1.29, 1.82) is 0 Å².